The van der Waals surface area contributed by atoms with Crippen molar-refractivity contribution in [3.05, 3.63) is 11.1 Å². The summed E-state index contributed by atoms with van der Waals surface area (Å²) < 4.78 is 16.9. The number of hydrogen-bond acceptors (Lipinski definition) is 3. The van der Waals surface area contributed by atoms with Crippen molar-refractivity contribution in [2.24, 2.45) is 0 Å². The highest BCUT2D eigenvalue weighted by Crippen LogP contribution is 2.53. The van der Waals surface area contributed by atoms with E-state index in [-0.39, 0.29) is 10.8 Å². The molecule has 2 heterocycles. The van der Waals surface area contributed by atoms with Crippen molar-refractivity contribution >= 4 is 11.2 Å². The standard InChI is InChI=1S/C16H24O3/c1-15(2,3)9-10(16(4,5)6)12-14(18-8)13(17-7)11(9)19-12/h1-8H3. The average Bonchev–Trinajstić information content (AvgIpc) is 2.79. The summed E-state index contributed by atoms with van der Waals surface area (Å²) in [6.07, 6.45) is 0. The molecule has 0 N–H and O–H groups in total. The van der Waals surface area contributed by atoms with Crippen LogP contribution in [0.3, 0.4) is 0 Å². The fourth-order valence-corrected chi connectivity index (χ4v) is 2.76. The van der Waals surface area contributed by atoms with Crippen LogP contribution >= 0.6 is 0 Å². The van der Waals surface area contributed by atoms with E-state index in [1.807, 2.05) is 0 Å². The number of methoxy groups -OCH3 is 2. The van der Waals surface area contributed by atoms with Crippen LogP contribution in [0.2, 0.25) is 0 Å². The van der Waals surface area contributed by atoms with Crippen LogP contribution in [0.5, 0.6) is 11.5 Å². The molecule has 3 heteroatoms. The molecule has 106 valence electrons. The molecule has 0 unspecified atom stereocenters. The van der Waals surface area contributed by atoms with Gasteiger partial charge in [-0.2, -0.15) is 0 Å². The highest BCUT2D eigenvalue weighted by atomic mass is 16.5. The van der Waals surface area contributed by atoms with Crippen molar-refractivity contribution in [3.8, 4) is 11.5 Å². The lowest BCUT2D eigenvalue weighted by Gasteiger charge is -2.28. The highest BCUT2D eigenvalue weighted by Gasteiger charge is 2.38. The van der Waals surface area contributed by atoms with Gasteiger partial charge in [-0.25, -0.2) is 0 Å². The van der Waals surface area contributed by atoms with Crippen molar-refractivity contribution in [1.29, 1.82) is 0 Å². The maximum Gasteiger partial charge on any atom is 0.208 e. The van der Waals surface area contributed by atoms with Crippen LogP contribution in [0.1, 0.15) is 52.7 Å². The van der Waals surface area contributed by atoms with Crippen LogP contribution < -0.4 is 9.47 Å². The summed E-state index contributed by atoms with van der Waals surface area (Å²) in [5, 5.41) is 0. The van der Waals surface area contributed by atoms with E-state index in [0.717, 1.165) is 22.7 Å². The minimum atomic E-state index is 0.00273. The Morgan fingerprint density at radius 3 is 1.21 bits per heavy atom. The van der Waals surface area contributed by atoms with Crippen molar-refractivity contribution in [3.63, 3.8) is 0 Å². The van der Waals surface area contributed by atoms with E-state index in [9.17, 15) is 0 Å². The third kappa shape index (κ3) is 1.96. The first-order valence-corrected chi connectivity index (χ1v) is 6.63. The molecule has 19 heavy (non-hydrogen) atoms. The third-order valence-electron chi connectivity index (χ3n) is 3.44. The van der Waals surface area contributed by atoms with Gasteiger partial charge in [0.25, 0.3) is 0 Å². The number of fused-ring (bicyclic) bond motifs is 2. The van der Waals surface area contributed by atoms with E-state index in [1.54, 1.807) is 14.2 Å². The Balaban J connectivity index is 2.88. The number of ether oxygens (including phenoxy) is 2. The summed E-state index contributed by atoms with van der Waals surface area (Å²) >= 11 is 0. The fourth-order valence-electron chi connectivity index (χ4n) is 2.76. The van der Waals surface area contributed by atoms with Gasteiger partial charge in [0.1, 0.15) is 0 Å². The molecule has 0 aromatic carbocycles. The topological polar surface area (TPSA) is 31.6 Å². The molecule has 0 atom stereocenters. The van der Waals surface area contributed by atoms with Gasteiger partial charge in [0.05, 0.1) is 14.2 Å². The molecule has 0 saturated carbocycles. The SMILES string of the molecule is COc1c(OC)c2oc1c(C(C)(C)C)c2C(C)(C)C. The molecule has 0 fully saturated rings. The zero-order valence-corrected chi connectivity index (χ0v) is 13.2. The van der Waals surface area contributed by atoms with E-state index in [1.165, 1.54) is 11.1 Å². The molecule has 2 bridgehead atoms. The van der Waals surface area contributed by atoms with Crippen LogP contribution in [0.15, 0.2) is 4.42 Å². The monoisotopic (exact) mass is 264 g/mol. The smallest absolute Gasteiger partial charge is 0.208 e. The van der Waals surface area contributed by atoms with Crippen molar-refractivity contribution in [1.82, 2.24) is 0 Å². The Morgan fingerprint density at radius 1 is 0.684 bits per heavy atom. The van der Waals surface area contributed by atoms with Gasteiger partial charge in [0.15, 0.2) is 11.2 Å². The van der Waals surface area contributed by atoms with E-state index in [4.69, 9.17) is 13.9 Å². The van der Waals surface area contributed by atoms with Crippen molar-refractivity contribution in [2.45, 2.75) is 52.4 Å². The second-order valence-corrected chi connectivity index (χ2v) is 7.08. The van der Waals surface area contributed by atoms with Gasteiger partial charge in [-0.15, -0.1) is 0 Å². The first-order valence-electron chi connectivity index (χ1n) is 6.63. The summed E-state index contributed by atoms with van der Waals surface area (Å²) in [4.78, 5) is 0. The maximum atomic E-state index is 5.99. The van der Waals surface area contributed by atoms with E-state index < -0.39 is 0 Å². The molecule has 0 aliphatic heterocycles. The van der Waals surface area contributed by atoms with Crippen LogP contribution in [0.4, 0.5) is 0 Å². The molecule has 3 nitrogen and oxygen atoms in total. The molecule has 0 saturated heterocycles. The summed E-state index contributed by atoms with van der Waals surface area (Å²) in [6, 6.07) is 0. The van der Waals surface area contributed by atoms with Gasteiger partial charge in [-0.3, -0.25) is 0 Å². The van der Waals surface area contributed by atoms with Gasteiger partial charge in [0.2, 0.25) is 11.5 Å². The number of rotatable bonds is 2. The molecule has 0 spiro atoms. The van der Waals surface area contributed by atoms with Crippen molar-refractivity contribution < 1.29 is 13.9 Å². The predicted molar refractivity (Wildman–Crippen MR) is 77.9 cm³/mol. The number of hydrogen-bond donors (Lipinski definition) is 0. The third-order valence-corrected chi connectivity index (χ3v) is 3.44. The Labute approximate surface area is 115 Å². The number of furan rings is 2. The second-order valence-electron chi connectivity index (χ2n) is 7.08. The normalized spacial score (nSPS) is 13.3. The molecule has 0 aliphatic rings. The summed E-state index contributed by atoms with van der Waals surface area (Å²) in [5.41, 5.74) is 4.12. The first-order chi connectivity index (χ1) is 8.62. The minimum absolute atomic E-state index is 0.00273. The van der Waals surface area contributed by atoms with E-state index in [0.29, 0.717) is 0 Å². The van der Waals surface area contributed by atoms with E-state index in [2.05, 4.69) is 41.5 Å². The lowest BCUT2D eigenvalue weighted by Crippen LogP contribution is -2.21. The molecule has 2 rings (SSSR count). The van der Waals surface area contributed by atoms with E-state index >= 15 is 0 Å². The van der Waals surface area contributed by atoms with Crippen LogP contribution in [-0.2, 0) is 10.8 Å². The lowest BCUT2D eigenvalue weighted by molar-refractivity contribution is 0.361. The lowest BCUT2D eigenvalue weighted by atomic mass is 9.75. The van der Waals surface area contributed by atoms with Gasteiger partial charge in [-0.05, 0) is 10.8 Å². The molecule has 2 aromatic heterocycles. The molecule has 0 aliphatic carbocycles. The molecule has 2 aromatic rings. The second kappa shape index (κ2) is 4.06. The first kappa shape index (κ1) is 14.0. The van der Waals surface area contributed by atoms with Gasteiger partial charge in [-0.1, -0.05) is 41.5 Å². The van der Waals surface area contributed by atoms with Gasteiger partial charge < -0.3 is 13.9 Å². The maximum absolute atomic E-state index is 5.99. The van der Waals surface area contributed by atoms with Crippen LogP contribution in [0.25, 0.3) is 11.2 Å². The Bertz CT molecular complexity index is 528. The highest BCUT2D eigenvalue weighted by molar-refractivity contribution is 5.89. The fraction of sp³-hybridized carbons (Fsp3) is 0.625. The van der Waals surface area contributed by atoms with Crippen LogP contribution in [0, 0.1) is 0 Å². The Kier molecular flexibility index (Phi) is 3.00. The minimum Gasteiger partial charge on any atom is -0.490 e. The van der Waals surface area contributed by atoms with Gasteiger partial charge in [0, 0.05) is 11.1 Å². The summed E-state index contributed by atoms with van der Waals surface area (Å²) in [6.45, 7) is 13.2. The molecule has 0 amide bonds. The largest absolute Gasteiger partial charge is 0.490 e. The quantitative estimate of drug-likeness (QED) is 0.801. The number of benzene rings is 1. The Morgan fingerprint density at radius 2 is 1.00 bits per heavy atom. The molecular formula is C16H24O3. The van der Waals surface area contributed by atoms with Crippen molar-refractivity contribution in [2.75, 3.05) is 14.2 Å². The van der Waals surface area contributed by atoms with Crippen LogP contribution in [-0.4, -0.2) is 14.2 Å². The predicted octanol–water partition coefficient (Wildman–Crippen LogP) is 4.48. The van der Waals surface area contributed by atoms with Gasteiger partial charge >= 0.3 is 0 Å². The zero-order valence-electron chi connectivity index (χ0n) is 13.2. The molecular weight excluding hydrogens is 240 g/mol. The Hall–Kier alpha value is -1.38. The summed E-state index contributed by atoms with van der Waals surface area (Å²) in [7, 11) is 3.31. The summed E-state index contributed by atoms with van der Waals surface area (Å²) in [5.74, 6) is 1.44. The average molecular weight is 264 g/mol. The zero-order chi connectivity index (χ0) is 14.6. The molecule has 0 radical (unpaired) electrons.